The van der Waals surface area contributed by atoms with Crippen LogP contribution in [0.4, 0.5) is 65.9 Å². The van der Waals surface area contributed by atoms with Crippen LogP contribution in [0.5, 0.6) is 0 Å². The van der Waals surface area contributed by atoms with E-state index in [-0.39, 0.29) is 5.92 Å². The minimum absolute atomic E-state index is 0.151. The van der Waals surface area contributed by atoms with Gasteiger partial charge >= 0.3 is 41.7 Å². The molecule has 3 rings (SSSR count). The lowest BCUT2D eigenvalue weighted by Gasteiger charge is -2.41. The number of halogens is 15. The number of hydrogen-bond donors (Lipinski definition) is 0. The Morgan fingerprint density at radius 3 is 1.35 bits per heavy atom. The van der Waals surface area contributed by atoms with Crippen LogP contribution in [0, 0.1) is 17.8 Å². The van der Waals surface area contributed by atoms with Gasteiger partial charge in [0.15, 0.2) is 0 Å². The summed E-state index contributed by atoms with van der Waals surface area (Å²) < 4.78 is 203. The van der Waals surface area contributed by atoms with Crippen LogP contribution in [0.3, 0.4) is 0 Å². The van der Waals surface area contributed by atoms with E-state index in [1.54, 1.807) is 0 Å². The summed E-state index contributed by atoms with van der Waals surface area (Å²) in [5.41, 5.74) is -0.994. The van der Waals surface area contributed by atoms with Gasteiger partial charge in [0.25, 0.3) is 0 Å². The standard InChI is InChI=1S/C33H39F15O/c1-2-3-4-5-20-6-8-21(9-7-20)10-11-22-12-14-23(15-13-22)24-16-18-25(19-17-24)26(49)27(34,35)28(36,37)29(38,39)30(40,41)31(42,43)32(44,45)33(46,47)48/h16-23H,2-15H2,1H3/t20-,21-,22-,23-. The number of benzene rings is 1. The van der Waals surface area contributed by atoms with Crippen LogP contribution in [0.2, 0.25) is 0 Å². The van der Waals surface area contributed by atoms with Crippen LogP contribution in [-0.4, -0.2) is 47.5 Å². The van der Waals surface area contributed by atoms with Crippen LogP contribution < -0.4 is 0 Å². The first-order valence-electron chi connectivity index (χ1n) is 16.3. The number of rotatable bonds is 15. The smallest absolute Gasteiger partial charge is 0.287 e. The van der Waals surface area contributed by atoms with Crippen LogP contribution in [0.25, 0.3) is 0 Å². The number of alkyl halides is 15. The summed E-state index contributed by atoms with van der Waals surface area (Å²) in [5.74, 6) is -49.5. The molecular weight excluding hydrogens is 697 g/mol. The molecule has 0 amide bonds. The molecule has 2 fully saturated rings. The number of ketones is 1. The van der Waals surface area contributed by atoms with Gasteiger partial charge in [-0.2, -0.15) is 65.9 Å². The molecule has 0 spiro atoms. The maximum atomic E-state index is 14.4. The summed E-state index contributed by atoms with van der Waals surface area (Å²) in [7, 11) is 0. The molecule has 49 heavy (non-hydrogen) atoms. The predicted molar refractivity (Wildman–Crippen MR) is 150 cm³/mol. The maximum Gasteiger partial charge on any atom is 0.460 e. The Hall–Kier alpha value is -2.16. The van der Waals surface area contributed by atoms with Gasteiger partial charge in [0, 0.05) is 5.56 Å². The zero-order valence-corrected chi connectivity index (χ0v) is 26.6. The van der Waals surface area contributed by atoms with E-state index in [2.05, 4.69) is 6.92 Å². The predicted octanol–water partition coefficient (Wildman–Crippen LogP) is 12.7. The highest BCUT2D eigenvalue weighted by molar-refractivity contribution is 6.02. The number of carbonyl (C=O) groups excluding carboxylic acids is 1. The second-order valence-electron chi connectivity index (χ2n) is 13.6. The van der Waals surface area contributed by atoms with E-state index in [1.165, 1.54) is 51.4 Å². The van der Waals surface area contributed by atoms with Gasteiger partial charge < -0.3 is 0 Å². The average molecular weight is 737 g/mol. The van der Waals surface area contributed by atoms with Crippen molar-refractivity contribution in [3.8, 4) is 0 Å². The quantitative estimate of drug-likeness (QED) is 0.0996. The van der Waals surface area contributed by atoms with E-state index in [1.807, 2.05) is 0 Å². The Balaban J connectivity index is 1.62. The summed E-state index contributed by atoms with van der Waals surface area (Å²) in [6.07, 6.45) is 7.32. The van der Waals surface area contributed by atoms with Gasteiger partial charge in [-0.1, -0.05) is 95.4 Å². The Morgan fingerprint density at radius 1 is 0.531 bits per heavy atom. The third kappa shape index (κ3) is 7.86. The summed E-state index contributed by atoms with van der Waals surface area (Å²) in [5, 5.41) is 0. The van der Waals surface area contributed by atoms with Crippen LogP contribution in [-0.2, 0) is 0 Å². The van der Waals surface area contributed by atoms with Gasteiger partial charge in [-0.25, -0.2) is 0 Å². The Labute approximate surface area is 274 Å². The van der Waals surface area contributed by atoms with E-state index in [0.717, 1.165) is 43.7 Å². The van der Waals surface area contributed by atoms with Gasteiger partial charge in [0.1, 0.15) is 0 Å². The van der Waals surface area contributed by atoms with E-state index >= 15 is 0 Å². The lowest BCUT2D eigenvalue weighted by atomic mass is 9.74. The molecule has 0 N–H and O–H groups in total. The number of carbonyl (C=O) groups is 1. The van der Waals surface area contributed by atoms with Gasteiger partial charge in [0.05, 0.1) is 0 Å². The summed E-state index contributed by atoms with van der Waals surface area (Å²) >= 11 is 0. The molecule has 1 nitrogen and oxygen atoms in total. The van der Waals surface area contributed by atoms with Crippen LogP contribution in [0.1, 0.15) is 119 Å². The molecule has 2 aliphatic rings. The van der Waals surface area contributed by atoms with Crippen molar-refractivity contribution in [1.82, 2.24) is 0 Å². The first-order chi connectivity index (χ1) is 22.4. The zero-order valence-electron chi connectivity index (χ0n) is 26.6. The van der Waals surface area contributed by atoms with Gasteiger partial charge in [-0.15, -0.1) is 0 Å². The van der Waals surface area contributed by atoms with Gasteiger partial charge in [0.2, 0.25) is 5.78 Å². The fourth-order valence-corrected chi connectivity index (χ4v) is 6.94. The molecule has 0 saturated heterocycles. The molecule has 0 heterocycles. The summed E-state index contributed by atoms with van der Waals surface area (Å²) in [6, 6.07) is 3.07. The van der Waals surface area contributed by atoms with Crippen molar-refractivity contribution in [2.75, 3.05) is 0 Å². The lowest BCUT2D eigenvalue weighted by Crippen LogP contribution is -2.73. The van der Waals surface area contributed by atoms with Crippen LogP contribution in [0.15, 0.2) is 24.3 Å². The van der Waals surface area contributed by atoms with Crippen molar-refractivity contribution in [1.29, 1.82) is 0 Å². The number of Topliss-reactive ketones (excluding diaryl/α,β-unsaturated/α-hetero) is 1. The summed E-state index contributed by atoms with van der Waals surface area (Å²) in [4.78, 5) is 12.2. The molecule has 1 aromatic carbocycles. The first kappa shape index (κ1) is 41.3. The van der Waals surface area contributed by atoms with Gasteiger partial charge in [-0.05, 0) is 54.9 Å². The van der Waals surface area contributed by atoms with Crippen molar-refractivity contribution in [3.05, 3.63) is 35.4 Å². The SMILES string of the molecule is CCCCC[C@H]1CC[C@H](CC[C@H]2CC[C@H](c3ccc(C(=O)C(F)(F)C(F)(F)C(F)(F)C(F)(F)C(F)(F)C(F)(F)C(F)(F)F)cc3)CC2)CC1. The second-order valence-corrected chi connectivity index (χ2v) is 13.6. The van der Waals surface area contributed by atoms with E-state index in [9.17, 15) is 70.7 Å². The fraction of sp³-hybridized carbons (Fsp3) is 0.788. The molecule has 0 atom stereocenters. The largest absolute Gasteiger partial charge is 0.460 e. The second kappa shape index (κ2) is 14.8. The molecule has 1 aromatic rings. The van der Waals surface area contributed by atoms with Crippen LogP contribution >= 0.6 is 0 Å². The minimum Gasteiger partial charge on any atom is -0.287 e. The normalized spacial score (nSPS) is 23.8. The highest BCUT2D eigenvalue weighted by atomic mass is 19.4. The third-order valence-electron chi connectivity index (χ3n) is 10.3. The molecule has 282 valence electrons. The minimum atomic E-state index is -8.43. The van der Waals surface area contributed by atoms with Crippen molar-refractivity contribution in [2.24, 2.45) is 17.8 Å². The fourth-order valence-electron chi connectivity index (χ4n) is 6.94. The van der Waals surface area contributed by atoms with Crippen molar-refractivity contribution < 1.29 is 70.7 Å². The molecule has 0 unspecified atom stereocenters. The maximum absolute atomic E-state index is 14.4. The monoisotopic (exact) mass is 736 g/mol. The molecule has 0 radical (unpaired) electrons. The molecule has 16 heteroatoms. The molecule has 2 saturated carbocycles. The topological polar surface area (TPSA) is 17.1 Å². The average Bonchev–Trinajstić information content (AvgIpc) is 3.03. The van der Waals surface area contributed by atoms with E-state index in [4.69, 9.17) is 0 Å². The van der Waals surface area contributed by atoms with Crippen molar-refractivity contribution in [3.63, 3.8) is 0 Å². The molecule has 0 aliphatic heterocycles. The lowest BCUT2D eigenvalue weighted by molar-refractivity contribution is -0.449. The zero-order chi connectivity index (χ0) is 37.3. The Morgan fingerprint density at radius 2 is 0.918 bits per heavy atom. The molecule has 0 bridgehead atoms. The van der Waals surface area contributed by atoms with Gasteiger partial charge in [-0.3, -0.25) is 4.79 Å². The van der Waals surface area contributed by atoms with E-state index in [0.29, 0.717) is 42.4 Å². The Bertz CT molecular complexity index is 1220. The van der Waals surface area contributed by atoms with Crippen molar-refractivity contribution in [2.45, 2.75) is 144 Å². The highest BCUT2D eigenvalue weighted by Gasteiger charge is 2.94. The third-order valence-corrected chi connectivity index (χ3v) is 10.3. The number of hydrogen-bond acceptors (Lipinski definition) is 1. The molecule has 2 aliphatic carbocycles. The highest BCUT2D eigenvalue weighted by Crippen LogP contribution is 2.62. The van der Waals surface area contributed by atoms with Crippen molar-refractivity contribution >= 4 is 5.78 Å². The molecule has 0 aromatic heterocycles. The summed E-state index contributed by atoms with van der Waals surface area (Å²) in [6.45, 7) is 2.18. The molecular formula is C33H39F15O. The Kier molecular flexibility index (Phi) is 12.5. The number of unbranched alkanes of at least 4 members (excludes halogenated alkanes) is 2. The first-order valence-corrected chi connectivity index (χ1v) is 16.3. The van der Waals surface area contributed by atoms with E-state index < -0.39 is 53.1 Å².